The van der Waals surface area contributed by atoms with Crippen LogP contribution in [0.2, 0.25) is 0 Å². The van der Waals surface area contributed by atoms with Crippen LogP contribution in [0.3, 0.4) is 0 Å². The zero-order valence-corrected chi connectivity index (χ0v) is 16.6. The lowest BCUT2D eigenvalue weighted by atomic mass is 10.0. The zero-order chi connectivity index (χ0) is 18.8. The van der Waals surface area contributed by atoms with Crippen molar-refractivity contribution in [2.45, 2.75) is 40.2 Å². The highest BCUT2D eigenvalue weighted by Crippen LogP contribution is 2.31. The second-order valence-electron chi connectivity index (χ2n) is 7.37. The molecule has 1 aliphatic rings. The molecule has 0 unspecified atom stereocenters. The molecule has 1 saturated heterocycles. The quantitative estimate of drug-likeness (QED) is 0.856. The summed E-state index contributed by atoms with van der Waals surface area (Å²) in [5.74, 6) is -0.0113. The van der Waals surface area contributed by atoms with Crippen molar-refractivity contribution in [1.29, 1.82) is 0 Å². The summed E-state index contributed by atoms with van der Waals surface area (Å²) in [5.41, 5.74) is 3.17. The summed E-state index contributed by atoms with van der Waals surface area (Å²) in [6, 6.07) is 10.0. The number of benzene rings is 1. The van der Waals surface area contributed by atoms with Crippen molar-refractivity contribution >= 4 is 28.8 Å². The summed E-state index contributed by atoms with van der Waals surface area (Å²) >= 11 is 1.65. The Bertz CT molecular complexity index is 798. The van der Waals surface area contributed by atoms with Crippen LogP contribution in [0, 0.1) is 25.7 Å². The summed E-state index contributed by atoms with van der Waals surface area (Å²) < 4.78 is 0. The Morgan fingerprint density at radius 2 is 2.00 bits per heavy atom. The van der Waals surface area contributed by atoms with Gasteiger partial charge in [0.2, 0.25) is 11.8 Å². The van der Waals surface area contributed by atoms with Crippen LogP contribution < -0.4 is 10.2 Å². The molecule has 2 heterocycles. The minimum absolute atomic E-state index is 0.00708. The van der Waals surface area contributed by atoms with E-state index in [9.17, 15) is 9.59 Å². The molecule has 0 radical (unpaired) electrons. The van der Waals surface area contributed by atoms with E-state index in [4.69, 9.17) is 0 Å². The van der Waals surface area contributed by atoms with Gasteiger partial charge in [-0.3, -0.25) is 9.59 Å². The molecule has 1 aliphatic heterocycles. The Kier molecular flexibility index (Phi) is 5.47. The molecule has 4 nitrogen and oxygen atoms in total. The highest BCUT2D eigenvalue weighted by molar-refractivity contribution is 7.10. The summed E-state index contributed by atoms with van der Waals surface area (Å²) in [5, 5.41) is 5.20. The topological polar surface area (TPSA) is 49.4 Å². The van der Waals surface area contributed by atoms with Crippen LogP contribution in [0.4, 0.5) is 5.69 Å². The number of carbonyl (C=O) groups excluding carboxylic acids is 2. The van der Waals surface area contributed by atoms with Gasteiger partial charge in [0.25, 0.3) is 0 Å². The van der Waals surface area contributed by atoms with Gasteiger partial charge in [0, 0.05) is 23.5 Å². The fourth-order valence-electron chi connectivity index (χ4n) is 3.45. The minimum Gasteiger partial charge on any atom is -0.348 e. The maximum absolute atomic E-state index is 12.8. The number of aryl methyl sites for hydroxylation is 1. The van der Waals surface area contributed by atoms with Gasteiger partial charge in [-0.25, -0.2) is 0 Å². The summed E-state index contributed by atoms with van der Waals surface area (Å²) in [6.07, 6.45) is 0.272. The molecule has 138 valence electrons. The van der Waals surface area contributed by atoms with Crippen molar-refractivity contribution in [2.75, 3.05) is 11.4 Å². The van der Waals surface area contributed by atoms with Crippen LogP contribution in [0.1, 0.15) is 42.3 Å². The van der Waals surface area contributed by atoms with Gasteiger partial charge in [0.05, 0.1) is 12.0 Å². The molecule has 0 aliphatic carbocycles. The highest BCUT2D eigenvalue weighted by atomic mass is 32.1. The number of amides is 2. The summed E-state index contributed by atoms with van der Waals surface area (Å²) in [7, 11) is 0. The van der Waals surface area contributed by atoms with Gasteiger partial charge in [-0.15, -0.1) is 11.3 Å². The average molecular weight is 371 g/mol. The SMILES string of the molecule is Cc1cccc(N2C[C@H](C(=O)N[C@H](c3cccs3)C(C)C)CC2=O)c1C. The van der Waals surface area contributed by atoms with E-state index >= 15 is 0 Å². The van der Waals surface area contributed by atoms with E-state index in [2.05, 4.69) is 25.2 Å². The fourth-order valence-corrected chi connectivity index (χ4v) is 4.40. The molecular formula is C21H26N2O2S. The van der Waals surface area contributed by atoms with E-state index < -0.39 is 0 Å². The third kappa shape index (κ3) is 3.68. The lowest BCUT2D eigenvalue weighted by molar-refractivity contribution is -0.127. The molecule has 1 fully saturated rings. The smallest absolute Gasteiger partial charge is 0.227 e. The molecule has 2 aromatic rings. The number of rotatable bonds is 5. The molecule has 3 rings (SSSR count). The van der Waals surface area contributed by atoms with E-state index in [0.717, 1.165) is 21.7 Å². The predicted molar refractivity (Wildman–Crippen MR) is 106 cm³/mol. The Hall–Kier alpha value is -2.14. The Morgan fingerprint density at radius 3 is 2.65 bits per heavy atom. The molecule has 0 bridgehead atoms. The second kappa shape index (κ2) is 7.62. The fraction of sp³-hybridized carbons (Fsp3) is 0.429. The second-order valence-corrected chi connectivity index (χ2v) is 8.35. The molecule has 0 saturated carbocycles. The first-order valence-corrected chi connectivity index (χ1v) is 9.96. The third-order valence-electron chi connectivity index (χ3n) is 5.18. The Morgan fingerprint density at radius 1 is 1.23 bits per heavy atom. The number of nitrogens with zero attached hydrogens (tertiary/aromatic N) is 1. The normalized spacial score (nSPS) is 18.4. The van der Waals surface area contributed by atoms with E-state index in [1.807, 2.05) is 43.5 Å². The Labute approximate surface area is 159 Å². The summed E-state index contributed by atoms with van der Waals surface area (Å²) in [6.45, 7) is 8.72. The first-order valence-electron chi connectivity index (χ1n) is 9.08. The molecular weight excluding hydrogens is 344 g/mol. The number of carbonyl (C=O) groups is 2. The maximum atomic E-state index is 12.8. The monoisotopic (exact) mass is 370 g/mol. The van der Waals surface area contributed by atoms with Crippen LogP contribution >= 0.6 is 11.3 Å². The number of hydrogen-bond acceptors (Lipinski definition) is 3. The van der Waals surface area contributed by atoms with Crippen molar-refractivity contribution in [3.05, 3.63) is 51.7 Å². The number of hydrogen-bond donors (Lipinski definition) is 1. The van der Waals surface area contributed by atoms with Crippen molar-refractivity contribution < 1.29 is 9.59 Å². The molecule has 2 atom stereocenters. The van der Waals surface area contributed by atoms with Gasteiger partial charge in [-0.2, -0.15) is 0 Å². The Balaban J connectivity index is 1.73. The first-order chi connectivity index (χ1) is 12.4. The van der Waals surface area contributed by atoms with E-state index in [-0.39, 0.29) is 30.2 Å². The van der Waals surface area contributed by atoms with Gasteiger partial charge in [-0.05, 0) is 48.4 Å². The van der Waals surface area contributed by atoms with Crippen LogP contribution in [-0.2, 0) is 9.59 Å². The van der Waals surface area contributed by atoms with Crippen LogP contribution in [0.15, 0.2) is 35.7 Å². The van der Waals surface area contributed by atoms with E-state index in [1.54, 1.807) is 16.2 Å². The molecule has 2 amide bonds. The first kappa shape index (κ1) is 18.6. The minimum atomic E-state index is -0.302. The van der Waals surface area contributed by atoms with E-state index in [0.29, 0.717) is 12.5 Å². The largest absolute Gasteiger partial charge is 0.348 e. The van der Waals surface area contributed by atoms with Crippen molar-refractivity contribution in [2.24, 2.45) is 11.8 Å². The number of thiophene rings is 1. The maximum Gasteiger partial charge on any atom is 0.227 e. The van der Waals surface area contributed by atoms with Gasteiger partial charge in [-0.1, -0.05) is 32.0 Å². The van der Waals surface area contributed by atoms with E-state index in [1.165, 1.54) is 0 Å². The van der Waals surface area contributed by atoms with Crippen molar-refractivity contribution in [1.82, 2.24) is 5.32 Å². The van der Waals surface area contributed by atoms with Gasteiger partial charge < -0.3 is 10.2 Å². The van der Waals surface area contributed by atoms with Crippen LogP contribution in [0.25, 0.3) is 0 Å². The standard InChI is InChI=1S/C21H26N2O2S/c1-13(2)20(18-9-6-10-26-18)22-21(25)16-11-19(24)23(12-16)17-8-5-7-14(3)15(17)4/h5-10,13,16,20H,11-12H2,1-4H3,(H,22,25)/t16-,20+/m1/s1. The van der Waals surface area contributed by atoms with Gasteiger partial charge in [0.1, 0.15) is 0 Å². The zero-order valence-electron chi connectivity index (χ0n) is 15.8. The molecule has 1 N–H and O–H groups in total. The predicted octanol–water partition coefficient (Wildman–Crippen LogP) is 4.23. The molecule has 0 spiro atoms. The van der Waals surface area contributed by atoms with Gasteiger partial charge >= 0.3 is 0 Å². The summed E-state index contributed by atoms with van der Waals surface area (Å²) in [4.78, 5) is 28.3. The lowest BCUT2D eigenvalue weighted by Gasteiger charge is -2.23. The molecule has 1 aromatic carbocycles. The molecule has 1 aromatic heterocycles. The van der Waals surface area contributed by atoms with Crippen LogP contribution in [0.5, 0.6) is 0 Å². The van der Waals surface area contributed by atoms with Gasteiger partial charge in [0.15, 0.2) is 0 Å². The number of anilines is 1. The molecule has 5 heteroatoms. The van der Waals surface area contributed by atoms with Crippen LogP contribution in [-0.4, -0.2) is 18.4 Å². The number of nitrogens with one attached hydrogen (secondary N) is 1. The molecule has 26 heavy (non-hydrogen) atoms. The lowest BCUT2D eigenvalue weighted by Crippen LogP contribution is -2.37. The third-order valence-corrected chi connectivity index (χ3v) is 6.13. The van der Waals surface area contributed by atoms with Crippen molar-refractivity contribution in [3.8, 4) is 0 Å². The average Bonchev–Trinajstić information content (AvgIpc) is 3.24. The van der Waals surface area contributed by atoms with Crippen molar-refractivity contribution in [3.63, 3.8) is 0 Å². The highest BCUT2D eigenvalue weighted by Gasteiger charge is 2.36.